The van der Waals surface area contributed by atoms with Crippen molar-refractivity contribution in [3.05, 3.63) is 60.1 Å². The Morgan fingerprint density at radius 1 is 1.05 bits per heavy atom. The van der Waals surface area contributed by atoms with E-state index in [1.54, 1.807) is 18.4 Å². The van der Waals surface area contributed by atoms with E-state index < -0.39 is 0 Å². The average Bonchev–Trinajstić information content (AvgIpc) is 3.10. The first-order chi connectivity index (χ1) is 10.8. The van der Waals surface area contributed by atoms with E-state index in [-0.39, 0.29) is 5.91 Å². The van der Waals surface area contributed by atoms with Crippen LogP contribution in [0.2, 0.25) is 0 Å². The Kier molecular flexibility index (Phi) is 4.94. The zero-order valence-corrected chi connectivity index (χ0v) is 12.9. The second kappa shape index (κ2) is 7.30. The molecule has 2 aromatic rings. The molecule has 0 unspecified atom stereocenters. The summed E-state index contributed by atoms with van der Waals surface area (Å²) in [6.07, 6.45) is 7.95. The lowest BCUT2D eigenvalue weighted by molar-refractivity contribution is 0.0667. The van der Waals surface area contributed by atoms with E-state index in [9.17, 15) is 4.79 Å². The van der Waals surface area contributed by atoms with Gasteiger partial charge in [0.25, 0.3) is 5.91 Å². The van der Waals surface area contributed by atoms with E-state index in [2.05, 4.69) is 12.1 Å². The van der Waals surface area contributed by atoms with Crippen LogP contribution in [0.15, 0.2) is 53.1 Å². The van der Waals surface area contributed by atoms with Crippen LogP contribution in [0, 0.1) is 5.92 Å². The monoisotopic (exact) mass is 297 g/mol. The summed E-state index contributed by atoms with van der Waals surface area (Å²) in [5.74, 6) is 1.06. The van der Waals surface area contributed by atoms with Crippen LogP contribution >= 0.6 is 0 Å². The molecular weight excluding hydrogens is 274 g/mol. The van der Waals surface area contributed by atoms with E-state index >= 15 is 0 Å². The number of hydrogen-bond donors (Lipinski definition) is 0. The van der Waals surface area contributed by atoms with E-state index in [0.29, 0.717) is 18.2 Å². The summed E-state index contributed by atoms with van der Waals surface area (Å²) in [5, 5.41) is 0. The topological polar surface area (TPSA) is 33.5 Å². The van der Waals surface area contributed by atoms with E-state index in [1.165, 1.54) is 37.7 Å². The Labute approximate surface area is 131 Å². The fourth-order valence-electron chi connectivity index (χ4n) is 3.26. The molecule has 0 saturated heterocycles. The molecule has 1 amide bonds. The van der Waals surface area contributed by atoms with Crippen molar-refractivity contribution in [2.45, 2.75) is 38.6 Å². The van der Waals surface area contributed by atoms with Gasteiger partial charge in [-0.05, 0) is 36.5 Å². The number of carbonyl (C=O) groups is 1. The van der Waals surface area contributed by atoms with Gasteiger partial charge in [-0.15, -0.1) is 0 Å². The van der Waals surface area contributed by atoms with Gasteiger partial charge in [0.1, 0.15) is 0 Å². The Morgan fingerprint density at radius 2 is 1.82 bits per heavy atom. The van der Waals surface area contributed by atoms with Crippen molar-refractivity contribution in [3.8, 4) is 0 Å². The number of carbonyl (C=O) groups excluding carboxylic acids is 1. The molecule has 0 atom stereocenters. The van der Waals surface area contributed by atoms with Crippen LogP contribution in [0.1, 0.15) is 48.2 Å². The standard InChI is InChI=1S/C19H23NO2/c21-19(18-12-7-13-22-18)20(14-16-8-3-1-4-9-16)15-17-10-5-2-6-11-17/h1,3-4,7-9,12-13,17H,2,5-6,10-11,14-15H2. The molecule has 1 aromatic heterocycles. The third-order valence-electron chi connectivity index (χ3n) is 4.44. The van der Waals surface area contributed by atoms with Gasteiger partial charge < -0.3 is 9.32 Å². The quantitative estimate of drug-likeness (QED) is 0.814. The molecule has 3 heteroatoms. The van der Waals surface area contributed by atoms with E-state index in [0.717, 1.165) is 6.54 Å². The molecule has 1 aromatic carbocycles. The Morgan fingerprint density at radius 3 is 2.50 bits per heavy atom. The van der Waals surface area contributed by atoms with Gasteiger partial charge in [0, 0.05) is 13.1 Å². The summed E-state index contributed by atoms with van der Waals surface area (Å²) >= 11 is 0. The van der Waals surface area contributed by atoms with Gasteiger partial charge in [-0.2, -0.15) is 0 Å². The van der Waals surface area contributed by atoms with E-state index in [4.69, 9.17) is 4.42 Å². The summed E-state index contributed by atoms with van der Waals surface area (Å²) in [6.45, 7) is 1.48. The summed E-state index contributed by atoms with van der Waals surface area (Å²) in [6, 6.07) is 13.7. The Balaban J connectivity index is 1.73. The maximum absolute atomic E-state index is 12.7. The smallest absolute Gasteiger partial charge is 0.289 e. The first kappa shape index (κ1) is 14.9. The minimum atomic E-state index is -0.000531. The molecule has 22 heavy (non-hydrogen) atoms. The van der Waals surface area contributed by atoms with Crippen molar-refractivity contribution >= 4 is 5.91 Å². The predicted octanol–water partition coefficient (Wildman–Crippen LogP) is 4.50. The number of furan rings is 1. The molecule has 1 heterocycles. The molecule has 0 spiro atoms. The lowest BCUT2D eigenvalue weighted by Gasteiger charge is -2.29. The Hall–Kier alpha value is -2.03. The fraction of sp³-hybridized carbons (Fsp3) is 0.421. The Bertz CT molecular complexity index is 571. The zero-order valence-electron chi connectivity index (χ0n) is 12.9. The number of benzene rings is 1. The largest absolute Gasteiger partial charge is 0.459 e. The molecule has 1 aliphatic rings. The maximum Gasteiger partial charge on any atom is 0.289 e. The van der Waals surface area contributed by atoms with Crippen LogP contribution in [0.4, 0.5) is 0 Å². The lowest BCUT2D eigenvalue weighted by Crippen LogP contribution is -2.35. The number of amides is 1. The zero-order chi connectivity index (χ0) is 15.2. The van der Waals surface area contributed by atoms with Crippen molar-refractivity contribution in [2.24, 2.45) is 5.92 Å². The molecule has 0 aliphatic heterocycles. The predicted molar refractivity (Wildman–Crippen MR) is 86.5 cm³/mol. The highest BCUT2D eigenvalue weighted by Gasteiger charge is 2.23. The first-order valence-corrected chi connectivity index (χ1v) is 8.19. The van der Waals surface area contributed by atoms with Crippen LogP contribution in [0.3, 0.4) is 0 Å². The minimum absolute atomic E-state index is 0.000531. The normalized spacial score (nSPS) is 15.6. The van der Waals surface area contributed by atoms with Crippen LogP contribution in [0.25, 0.3) is 0 Å². The number of rotatable bonds is 5. The van der Waals surface area contributed by atoms with Crippen LogP contribution in [0.5, 0.6) is 0 Å². The highest BCUT2D eigenvalue weighted by Crippen LogP contribution is 2.25. The minimum Gasteiger partial charge on any atom is -0.459 e. The molecule has 3 rings (SSSR count). The third-order valence-corrected chi connectivity index (χ3v) is 4.44. The first-order valence-electron chi connectivity index (χ1n) is 8.19. The lowest BCUT2D eigenvalue weighted by atomic mass is 9.89. The highest BCUT2D eigenvalue weighted by molar-refractivity contribution is 5.91. The van der Waals surface area contributed by atoms with Gasteiger partial charge >= 0.3 is 0 Å². The van der Waals surface area contributed by atoms with Crippen molar-refractivity contribution in [2.75, 3.05) is 6.54 Å². The van der Waals surface area contributed by atoms with E-state index in [1.807, 2.05) is 23.1 Å². The summed E-state index contributed by atoms with van der Waals surface area (Å²) < 4.78 is 5.31. The molecule has 0 bridgehead atoms. The van der Waals surface area contributed by atoms with Crippen LogP contribution < -0.4 is 0 Å². The van der Waals surface area contributed by atoms with Gasteiger partial charge in [0.15, 0.2) is 5.76 Å². The van der Waals surface area contributed by atoms with Crippen molar-refractivity contribution < 1.29 is 9.21 Å². The SMILES string of the molecule is O=C(c1ccco1)N(Cc1ccccc1)CC1CCCCC1. The molecule has 1 saturated carbocycles. The second-order valence-electron chi connectivity index (χ2n) is 6.15. The van der Waals surface area contributed by atoms with Gasteiger partial charge in [0.2, 0.25) is 0 Å². The summed E-state index contributed by atoms with van der Waals surface area (Å²) in [5.41, 5.74) is 1.17. The van der Waals surface area contributed by atoms with Gasteiger partial charge in [-0.3, -0.25) is 4.79 Å². The van der Waals surface area contributed by atoms with Gasteiger partial charge in [-0.25, -0.2) is 0 Å². The van der Waals surface area contributed by atoms with Crippen molar-refractivity contribution in [1.82, 2.24) is 4.90 Å². The number of nitrogens with zero attached hydrogens (tertiary/aromatic N) is 1. The molecule has 1 fully saturated rings. The van der Waals surface area contributed by atoms with Gasteiger partial charge in [0.05, 0.1) is 6.26 Å². The molecule has 0 radical (unpaired) electrons. The van der Waals surface area contributed by atoms with Crippen molar-refractivity contribution in [3.63, 3.8) is 0 Å². The molecule has 0 N–H and O–H groups in total. The third kappa shape index (κ3) is 3.79. The molecule has 116 valence electrons. The molecular formula is C19H23NO2. The van der Waals surface area contributed by atoms with Crippen LogP contribution in [-0.4, -0.2) is 17.4 Å². The fourth-order valence-corrected chi connectivity index (χ4v) is 3.26. The molecule has 1 aliphatic carbocycles. The molecule has 3 nitrogen and oxygen atoms in total. The summed E-state index contributed by atoms with van der Waals surface area (Å²) in [4.78, 5) is 14.7. The summed E-state index contributed by atoms with van der Waals surface area (Å²) in [7, 11) is 0. The highest BCUT2D eigenvalue weighted by atomic mass is 16.3. The average molecular weight is 297 g/mol. The number of hydrogen-bond acceptors (Lipinski definition) is 2. The second-order valence-corrected chi connectivity index (χ2v) is 6.15. The maximum atomic E-state index is 12.7. The van der Waals surface area contributed by atoms with Crippen LogP contribution in [-0.2, 0) is 6.54 Å². The van der Waals surface area contributed by atoms with Crippen molar-refractivity contribution in [1.29, 1.82) is 0 Å². The van der Waals surface area contributed by atoms with Gasteiger partial charge in [-0.1, -0.05) is 49.6 Å².